The molecule has 4 aromatic rings. The maximum Gasteiger partial charge on any atom is 0.224 e. The molecule has 0 bridgehead atoms. The van der Waals surface area contributed by atoms with Crippen LogP contribution in [0.4, 0.5) is 26.4 Å². The highest BCUT2D eigenvalue weighted by Crippen LogP contribution is 2.25. The molecular formula is C22H19F2N7. The van der Waals surface area contributed by atoms with E-state index in [1.165, 1.54) is 6.20 Å². The van der Waals surface area contributed by atoms with Gasteiger partial charge in [0.2, 0.25) is 5.95 Å². The zero-order valence-electron chi connectivity index (χ0n) is 16.7. The Kier molecular flexibility index (Phi) is 6.02. The molecule has 7 nitrogen and oxygen atoms in total. The van der Waals surface area contributed by atoms with Crippen LogP contribution in [-0.4, -0.2) is 38.5 Å². The topological polar surface area (TPSA) is 79.7 Å². The summed E-state index contributed by atoms with van der Waals surface area (Å²) in [5, 5.41) is 3.19. The number of rotatable bonds is 7. The van der Waals surface area contributed by atoms with Gasteiger partial charge in [0.1, 0.15) is 23.3 Å². The van der Waals surface area contributed by atoms with Gasteiger partial charge in [-0.25, -0.2) is 23.7 Å². The molecule has 0 saturated carbocycles. The monoisotopic (exact) mass is 419 g/mol. The Bertz CT molecular complexity index is 1170. The summed E-state index contributed by atoms with van der Waals surface area (Å²) in [5.74, 6) is 0.473. The van der Waals surface area contributed by atoms with E-state index in [0.717, 1.165) is 30.2 Å². The van der Waals surface area contributed by atoms with Crippen LogP contribution in [0, 0.1) is 11.6 Å². The minimum Gasteiger partial charge on any atom is -0.354 e. The Hall–Kier alpha value is -4.01. The van der Waals surface area contributed by atoms with Gasteiger partial charge in [-0.1, -0.05) is 6.07 Å². The van der Waals surface area contributed by atoms with Crippen LogP contribution in [0.5, 0.6) is 0 Å². The third kappa shape index (κ3) is 4.95. The number of pyridine rings is 1. The average molecular weight is 419 g/mol. The second-order valence-electron chi connectivity index (χ2n) is 6.70. The molecule has 0 aliphatic heterocycles. The average Bonchev–Trinajstić information content (AvgIpc) is 2.81. The highest BCUT2D eigenvalue weighted by molar-refractivity contribution is 5.61. The summed E-state index contributed by atoms with van der Waals surface area (Å²) < 4.78 is 27.7. The Morgan fingerprint density at radius 1 is 0.935 bits per heavy atom. The van der Waals surface area contributed by atoms with Crippen LogP contribution in [0.15, 0.2) is 67.3 Å². The molecule has 3 heterocycles. The zero-order valence-corrected chi connectivity index (χ0v) is 16.7. The number of anilines is 3. The summed E-state index contributed by atoms with van der Waals surface area (Å²) in [5.41, 5.74) is 1.11. The molecule has 0 saturated heterocycles. The van der Waals surface area contributed by atoms with Gasteiger partial charge in [0.25, 0.3) is 0 Å². The molecule has 0 amide bonds. The van der Waals surface area contributed by atoms with Crippen LogP contribution in [0.3, 0.4) is 0 Å². The molecule has 1 N–H and O–H groups in total. The van der Waals surface area contributed by atoms with E-state index in [9.17, 15) is 8.78 Å². The number of hydrogen-bond donors (Lipinski definition) is 1. The largest absolute Gasteiger partial charge is 0.354 e. The highest BCUT2D eigenvalue weighted by Gasteiger charge is 2.13. The minimum atomic E-state index is -0.594. The van der Waals surface area contributed by atoms with Crippen molar-refractivity contribution in [2.24, 2.45) is 0 Å². The molecule has 0 aliphatic rings. The third-order valence-electron chi connectivity index (χ3n) is 4.56. The van der Waals surface area contributed by atoms with Crippen LogP contribution < -0.4 is 10.2 Å². The van der Waals surface area contributed by atoms with Gasteiger partial charge in [-0.2, -0.15) is 4.98 Å². The van der Waals surface area contributed by atoms with Crippen molar-refractivity contribution in [2.75, 3.05) is 23.8 Å². The van der Waals surface area contributed by atoms with Crippen molar-refractivity contribution in [3.8, 4) is 11.4 Å². The number of aromatic nitrogens is 5. The van der Waals surface area contributed by atoms with E-state index >= 15 is 0 Å². The fourth-order valence-corrected chi connectivity index (χ4v) is 2.94. The maximum absolute atomic E-state index is 14.1. The van der Waals surface area contributed by atoms with E-state index in [1.54, 1.807) is 36.5 Å². The number of nitrogens with zero attached hydrogens (tertiary/aromatic N) is 6. The molecule has 156 valence electrons. The first kappa shape index (κ1) is 20.3. The smallest absolute Gasteiger partial charge is 0.224 e. The molecule has 0 atom stereocenters. The molecule has 31 heavy (non-hydrogen) atoms. The van der Waals surface area contributed by atoms with Gasteiger partial charge in [-0.3, -0.25) is 4.98 Å². The van der Waals surface area contributed by atoms with E-state index < -0.39 is 11.6 Å². The van der Waals surface area contributed by atoms with Gasteiger partial charge in [0, 0.05) is 38.4 Å². The molecule has 0 aliphatic carbocycles. The van der Waals surface area contributed by atoms with Gasteiger partial charge in [-0.05, 0) is 48.4 Å². The Morgan fingerprint density at radius 2 is 1.74 bits per heavy atom. The summed E-state index contributed by atoms with van der Waals surface area (Å²) in [6, 6.07) is 10.5. The third-order valence-corrected chi connectivity index (χ3v) is 4.56. The lowest BCUT2D eigenvalue weighted by Crippen LogP contribution is -2.15. The van der Waals surface area contributed by atoms with Gasteiger partial charge in [0.05, 0.1) is 5.56 Å². The summed E-state index contributed by atoms with van der Waals surface area (Å²) >= 11 is 0. The Balaban J connectivity index is 1.50. The fraction of sp³-hybridized carbons (Fsp3) is 0.136. The highest BCUT2D eigenvalue weighted by atomic mass is 19.1. The van der Waals surface area contributed by atoms with Gasteiger partial charge in [-0.15, -0.1) is 0 Å². The summed E-state index contributed by atoms with van der Waals surface area (Å²) in [6.45, 7) is 0.648. The van der Waals surface area contributed by atoms with Crippen molar-refractivity contribution in [3.63, 3.8) is 0 Å². The van der Waals surface area contributed by atoms with E-state index in [4.69, 9.17) is 0 Å². The first-order chi connectivity index (χ1) is 15.1. The van der Waals surface area contributed by atoms with Crippen molar-refractivity contribution in [1.29, 1.82) is 0 Å². The number of nitrogens with one attached hydrogen (secondary N) is 1. The summed E-state index contributed by atoms with van der Waals surface area (Å²) in [7, 11) is 1.77. The molecule has 0 radical (unpaired) electrons. The summed E-state index contributed by atoms with van der Waals surface area (Å²) in [6.07, 6.45) is 7.47. The summed E-state index contributed by atoms with van der Waals surface area (Å²) in [4.78, 5) is 23.0. The molecule has 3 aromatic heterocycles. The lowest BCUT2D eigenvalue weighted by atomic mass is 10.2. The number of benzene rings is 1. The van der Waals surface area contributed by atoms with Crippen molar-refractivity contribution in [1.82, 2.24) is 24.9 Å². The molecule has 9 heteroatoms. The molecule has 1 aromatic carbocycles. The zero-order chi connectivity index (χ0) is 21.6. The molecular weight excluding hydrogens is 400 g/mol. The first-order valence-electron chi connectivity index (χ1n) is 9.58. The second-order valence-corrected chi connectivity index (χ2v) is 6.70. The van der Waals surface area contributed by atoms with Crippen LogP contribution in [0.2, 0.25) is 0 Å². The van der Waals surface area contributed by atoms with Crippen LogP contribution in [0.1, 0.15) is 5.56 Å². The number of hydrogen-bond acceptors (Lipinski definition) is 7. The Labute approximate surface area is 177 Å². The van der Waals surface area contributed by atoms with Crippen LogP contribution >= 0.6 is 0 Å². The second kappa shape index (κ2) is 9.21. The Morgan fingerprint density at radius 3 is 2.55 bits per heavy atom. The van der Waals surface area contributed by atoms with Crippen molar-refractivity contribution >= 4 is 17.6 Å². The van der Waals surface area contributed by atoms with Crippen LogP contribution in [-0.2, 0) is 6.42 Å². The van der Waals surface area contributed by atoms with Gasteiger partial charge < -0.3 is 10.2 Å². The van der Waals surface area contributed by atoms with Crippen molar-refractivity contribution < 1.29 is 8.78 Å². The van der Waals surface area contributed by atoms with Crippen molar-refractivity contribution in [3.05, 3.63) is 84.4 Å². The quantitative estimate of drug-likeness (QED) is 0.484. The van der Waals surface area contributed by atoms with Gasteiger partial charge in [0.15, 0.2) is 5.82 Å². The molecule has 0 unspecified atom stereocenters. The minimum absolute atomic E-state index is 0.00399. The lowest BCUT2D eigenvalue weighted by Gasteiger charge is -2.18. The predicted octanol–water partition coefficient (Wildman–Crippen LogP) is 4.03. The number of halogens is 2. The van der Waals surface area contributed by atoms with Crippen LogP contribution in [0.25, 0.3) is 11.4 Å². The van der Waals surface area contributed by atoms with Crippen molar-refractivity contribution in [2.45, 2.75) is 6.42 Å². The predicted molar refractivity (Wildman–Crippen MR) is 114 cm³/mol. The van der Waals surface area contributed by atoms with Gasteiger partial charge >= 0.3 is 0 Å². The SMILES string of the molecule is CN(c1ccnc(NCCc2cccnc2)n1)c1ccnc(-c2cc(F)ccc2F)n1. The van der Waals surface area contributed by atoms with E-state index in [2.05, 4.69) is 30.2 Å². The maximum atomic E-state index is 14.1. The fourth-order valence-electron chi connectivity index (χ4n) is 2.94. The van der Waals surface area contributed by atoms with E-state index in [1.807, 2.05) is 18.3 Å². The first-order valence-corrected chi connectivity index (χ1v) is 9.58. The molecule has 0 spiro atoms. The normalized spacial score (nSPS) is 10.7. The van der Waals surface area contributed by atoms with E-state index in [0.29, 0.717) is 24.1 Å². The molecule has 0 fully saturated rings. The standard InChI is InChI=1S/C22H19F2N7/c1-31(19-7-11-26-21(29-19)17-13-16(23)4-5-18(17)24)20-8-12-28-22(30-20)27-10-6-15-3-2-9-25-14-15/h2-5,7-9,11-14H,6,10H2,1H3,(H,27,28,30). The lowest BCUT2D eigenvalue weighted by molar-refractivity contribution is 0.602. The molecule has 4 rings (SSSR count). The van der Waals surface area contributed by atoms with E-state index in [-0.39, 0.29) is 11.4 Å².